The predicted octanol–water partition coefficient (Wildman–Crippen LogP) is 3.19. The Labute approximate surface area is 113 Å². The number of hydrogen-bond donors (Lipinski definition) is 0. The third-order valence-corrected chi connectivity index (χ3v) is 2.69. The molecule has 102 valence electrons. The van der Waals surface area contributed by atoms with Crippen molar-refractivity contribution in [2.45, 2.75) is 13.1 Å². The van der Waals surface area contributed by atoms with Crippen LogP contribution in [0, 0.1) is 18.4 Å². The highest BCUT2D eigenvalue weighted by Gasteiger charge is 2.30. The molecule has 3 nitrogen and oxygen atoms in total. The van der Waals surface area contributed by atoms with Crippen LogP contribution in [0.3, 0.4) is 0 Å². The third-order valence-electron chi connectivity index (χ3n) is 2.69. The van der Waals surface area contributed by atoms with Gasteiger partial charge in [-0.3, -0.25) is 0 Å². The van der Waals surface area contributed by atoms with Gasteiger partial charge < -0.3 is 4.57 Å². The van der Waals surface area contributed by atoms with Crippen molar-refractivity contribution in [1.82, 2.24) is 4.57 Å². The Kier molecular flexibility index (Phi) is 3.61. The molecule has 0 bridgehead atoms. The molecule has 1 aromatic heterocycles. The van der Waals surface area contributed by atoms with E-state index < -0.39 is 11.7 Å². The van der Waals surface area contributed by atoms with Gasteiger partial charge >= 0.3 is 6.18 Å². The van der Waals surface area contributed by atoms with Crippen LogP contribution in [0.5, 0.6) is 0 Å². The molecular weight excluding hydrogens is 267 g/mol. The van der Waals surface area contributed by atoms with Crippen molar-refractivity contribution in [3.8, 4) is 11.9 Å². The zero-order chi connectivity index (χ0) is 14.8. The number of rotatable bonds is 1. The van der Waals surface area contributed by atoms with Crippen molar-refractivity contribution >= 4 is 0 Å². The van der Waals surface area contributed by atoms with Crippen LogP contribution in [0.4, 0.5) is 13.2 Å². The zero-order valence-electron chi connectivity index (χ0n) is 10.5. The van der Waals surface area contributed by atoms with E-state index in [0.29, 0.717) is 5.69 Å². The largest absolute Gasteiger partial charge is 0.416 e. The van der Waals surface area contributed by atoms with E-state index in [-0.39, 0.29) is 5.49 Å². The fourth-order valence-corrected chi connectivity index (χ4v) is 1.78. The molecule has 2 aromatic rings. The number of nitrogens with zero attached hydrogens (tertiary/aromatic N) is 3. The lowest BCUT2D eigenvalue weighted by molar-refractivity contribution is -0.137. The Hall–Kier alpha value is -2.55. The second kappa shape index (κ2) is 5.21. The second-order valence-corrected chi connectivity index (χ2v) is 4.19. The lowest BCUT2D eigenvalue weighted by Gasteiger charge is -2.11. The maximum Gasteiger partial charge on any atom is 0.416 e. The molecular formula is C14H10F3N3. The highest BCUT2D eigenvalue weighted by atomic mass is 19.4. The van der Waals surface area contributed by atoms with E-state index in [1.165, 1.54) is 16.7 Å². The molecule has 0 atom stereocenters. The molecule has 1 aromatic carbocycles. The molecule has 1 heterocycles. The Balaban J connectivity index is 2.67. The van der Waals surface area contributed by atoms with Crippen molar-refractivity contribution in [2.24, 2.45) is 4.99 Å². The number of aromatic nitrogens is 1. The Morgan fingerprint density at radius 1 is 1.20 bits per heavy atom. The number of nitriles is 1. The van der Waals surface area contributed by atoms with Gasteiger partial charge in [0.05, 0.1) is 5.56 Å². The molecule has 0 aliphatic carbocycles. The maximum atomic E-state index is 12.7. The molecule has 20 heavy (non-hydrogen) atoms. The van der Waals surface area contributed by atoms with Crippen LogP contribution in [0.1, 0.15) is 11.1 Å². The summed E-state index contributed by atoms with van der Waals surface area (Å²) in [6.07, 6.45) is -1.14. The van der Waals surface area contributed by atoms with Crippen LogP contribution in [0.25, 0.3) is 5.69 Å². The number of alkyl halides is 3. The average Bonchev–Trinajstić information content (AvgIpc) is 2.40. The summed E-state index contributed by atoms with van der Waals surface area (Å²) in [5.74, 6) is 0. The third kappa shape index (κ3) is 2.88. The van der Waals surface area contributed by atoms with Gasteiger partial charge in [-0.05, 0) is 36.8 Å². The molecule has 0 fully saturated rings. The summed E-state index contributed by atoms with van der Waals surface area (Å²) in [7, 11) is 0. The van der Waals surface area contributed by atoms with E-state index in [2.05, 4.69) is 4.99 Å². The van der Waals surface area contributed by atoms with Gasteiger partial charge in [-0.1, -0.05) is 12.1 Å². The van der Waals surface area contributed by atoms with Crippen LogP contribution in [-0.4, -0.2) is 4.57 Å². The lowest BCUT2D eigenvalue weighted by Crippen LogP contribution is -2.19. The molecule has 0 amide bonds. The molecule has 0 spiro atoms. The first kappa shape index (κ1) is 13.9. The van der Waals surface area contributed by atoms with Crippen molar-refractivity contribution in [2.75, 3.05) is 0 Å². The quantitative estimate of drug-likeness (QED) is 0.738. The van der Waals surface area contributed by atoms with Crippen LogP contribution in [0.15, 0.2) is 47.6 Å². The topological polar surface area (TPSA) is 41.1 Å². The summed E-state index contributed by atoms with van der Waals surface area (Å²) in [5, 5.41) is 8.63. The van der Waals surface area contributed by atoms with Gasteiger partial charge in [0.1, 0.15) is 5.49 Å². The summed E-state index contributed by atoms with van der Waals surface area (Å²) < 4.78 is 39.6. The van der Waals surface area contributed by atoms with Crippen LogP contribution in [0.2, 0.25) is 0 Å². The minimum atomic E-state index is -4.41. The van der Waals surface area contributed by atoms with E-state index in [4.69, 9.17) is 5.26 Å². The molecule has 0 aliphatic heterocycles. The van der Waals surface area contributed by atoms with Gasteiger partial charge in [-0.15, -0.1) is 0 Å². The summed E-state index contributed by atoms with van der Waals surface area (Å²) in [6.45, 7) is 1.81. The van der Waals surface area contributed by atoms with Gasteiger partial charge in [0.2, 0.25) is 6.19 Å². The van der Waals surface area contributed by atoms with Crippen molar-refractivity contribution in [1.29, 1.82) is 5.26 Å². The number of hydrogen-bond acceptors (Lipinski definition) is 2. The first-order valence-corrected chi connectivity index (χ1v) is 5.71. The number of aryl methyl sites for hydroxylation is 1. The lowest BCUT2D eigenvalue weighted by atomic mass is 10.2. The van der Waals surface area contributed by atoms with Gasteiger partial charge in [0, 0.05) is 11.9 Å². The van der Waals surface area contributed by atoms with Crippen molar-refractivity contribution in [3.05, 3.63) is 59.2 Å². The summed E-state index contributed by atoms with van der Waals surface area (Å²) in [6, 6.07) is 8.20. The summed E-state index contributed by atoms with van der Waals surface area (Å²) >= 11 is 0. The zero-order valence-corrected chi connectivity index (χ0v) is 10.5. The van der Waals surface area contributed by atoms with Gasteiger partial charge in [-0.25, -0.2) is 0 Å². The minimum absolute atomic E-state index is 0.275. The molecule has 0 saturated heterocycles. The first-order chi connectivity index (χ1) is 9.41. The standard InChI is InChI=1S/C14H10F3N3/c1-10-5-6-13(19-9-18)20(8-10)12-4-2-3-11(7-12)14(15,16)17/h2-8H,1H3/b19-13+. The van der Waals surface area contributed by atoms with Crippen molar-refractivity contribution < 1.29 is 13.2 Å². The SMILES string of the molecule is Cc1cc/c(=N\C#N)n(-c2cccc(C(F)(F)F)c2)c1. The molecule has 0 aliphatic rings. The summed E-state index contributed by atoms with van der Waals surface area (Å²) in [4.78, 5) is 3.60. The van der Waals surface area contributed by atoms with Crippen LogP contribution >= 0.6 is 0 Å². The van der Waals surface area contributed by atoms with E-state index >= 15 is 0 Å². The van der Waals surface area contributed by atoms with E-state index in [0.717, 1.165) is 17.7 Å². The number of halogens is 3. The second-order valence-electron chi connectivity index (χ2n) is 4.19. The Morgan fingerprint density at radius 3 is 2.60 bits per heavy atom. The number of pyridine rings is 1. The Bertz CT molecular complexity index is 736. The molecule has 0 N–H and O–H groups in total. The Morgan fingerprint density at radius 2 is 1.95 bits per heavy atom. The predicted molar refractivity (Wildman–Crippen MR) is 66.7 cm³/mol. The van der Waals surface area contributed by atoms with E-state index in [1.807, 2.05) is 0 Å². The van der Waals surface area contributed by atoms with Gasteiger partial charge in [0.15, 0.2) is 0 Å². The van der Waals surface area contributed by atoms with E-state index in [9.17, 15) is 13.2 Å². The average molecular weight is 277 g/mol. The smallest absolute Gasteiger partial charge is 0.301 e. The highest BCUT2D eigenvalue weighted by molar-refractivity contribution is 5.37. The molecule has 0 radical (unpaired) electrons. The minimum Gasteiger partial charge on any atom is -0.301 e. The monoisotopic (exact) mass is 277 g/mol. The fourth-order valence-electron chi connectivity index (χ4n) is 1.78. The first-order valence-electron chi connectivity index (χ1n) is 5.71. The molecule has 0 unspecified atom stereocenters. The van der Waals surface area contributed by atoms with Crippen LogP contribution in [-0.2, 0) is 6.18 Å². The van der Waals surface area contributed by atoms with Gasteiger partial charge in [-0.2, -0.15) is 23.4 Å². The normalized spacial score (nSPS) is 12.2. The molecule has 0 saturated carbocycles. The highest BCUT2D eigenvalue weighted by Crippen LogP contribution is 2.30. The van der Waals surface area contributed by atoms with Gasteiger partial charge in [0.25, 0.3) is 0 Å². The molecule has 6 heteroatoms. The van der Waals surface area contributed by atoms with E-state index in [1.54, 1.807) is 31.4 Å². The fraction of sp³-hybridized carbons (Fsp3) is 0.143. The molecule has 2 rings (SSSR count). The summed E-state index contributed by atoms with van der Waals surface area (Å²) in [5.41, 5.74) is 0.682. The number of benzene rings is 1. The van der Waals surface area contributed by atoms with Crippen molar-refractivity contribution in [3.63, 3.8) is 0 Å². The van der Waals surface area contributed by atoms with Crippen LogP contribution < -0.4 is 5.49 Å². The maximum absolute atomic E-state index is 12.7.